The van der Waals surface area contributed by atoms with Gasteiger partial charge in [-0.05, 0) is 47.9 Å². The summed E-state index contributed by atoms with van der Waals surface area (Å²) in [5, 5.41) is 0.735. The maximum atomic E-state index is 6.13. The van der Waals surface area contributed by atoms with E-state index < -0.39 is 0 Å². The van der Waals surface area contributed by atoms with E-state index in [1.54, 1.807) is 0 Å². The van der Waals surface area contributed by atoms with E-state index in [2.05, 4.69) is 71.0 Å². The highest BCUT2D eigenvalue weighted by Gasteiger charge is 2.19. The number of aryl methyl sites for hydroxylation is 1. The third kappa shape index (κ3) is 3.74. The molecule has 0 amide bonds. The molecule has 4 aromatic rings. The molecule has 1 saturated heterocycles. The zero-order valence-corrected chi connectivity index (χ0v) is 17.8. The smallest absolute Gasteiger partial charge is 0.137 e. The van der Waals surface area contributed by atoms with Crippen LogP contribution in [0.3, 0.4) is 0 Å². The quantitative estimate of drug-likeness (QED) is 0.441. The summed E-state index contributed by atoms with van der Waals surface area (Å²) < 4.78 is 7.80. The van der Waals surface area contributed by atoms with E-state index in [1.165, 1.54) is 22.4 Å². The van der Waals surface area contributed by atoms with Gasteiger partial charge in [0.25, 0.3) is 0 Å². The molecule has 152 valence electrons. The lowest BCUT2D eigenvalue weighted by molar-refractivity contribution is 0.0336. The molecule has 3 heterocycles. The van der Waals surface area contributed by atoms with Crippen molar-refractivity contribution in [1.29, 1.82) is 0 Å². The van der Waals surface area contributed by atoms with Crippen LogP contribution in [0.25, 0.3) is 28.0 Å². The molecule has 0 unspecified atom stereocenters. The highest BCUT2D eigenvalue weighted by atomic mass is 35.5. The summed E-state index contributed by atoms with van der Waals surface area (Å²) in [6.45, 7) is 6.42. The molecule has 1 aliphatic rings. The number of aromatic nitrogens is 2. The summed E-state index contributed by atoms with van der Waals surface area (Å²) in [6, 6.07) is 20.7. The van der Waals surface area contributed by atoms with Gasteiger partial charge in [-0.1, -0.05) is 48.0 Å². The molecular formula is C25H24ClN3O. The SMILES string of the molecule is Cc1ccccc1-c1ccc2nc(-c3ccc(Cl)cc3)c(CN3CCOCC3)n2c1. The van der Waals surface area contributed by atoms with Crippen LogP contribution in [0.2, 0.25) is 5.02 Å². The highest BCUT2D eigenvalue weighted by molar-refractivity contribution is 6.30. The van der Waals surface area contributed by atoms with Crippen LogP contribution in [0.4, 0.5) is 0 Å². The van der Waals surface area contributed by atoms with Crippen LogP contribution in [-0.4, -0.2) is 40.6 Å². The van der Waals surface area contributed by atoms with Crippen molar-refractivity contribution in [3.63, 3.8) is 0 Å². The molecule has 2 aromatic carbocycles. The Morgan fingerprint density at radius 1 is 0.933 bits per heavy atom. The lowest BCUT2D eigenvalue weighted by Gasteiger charge is -2.26. The fraction of sp³-hybridized carbons (Fsp3) is 0.240. The lowest BCUT2D eigenvalue weighted by Crippen LogP contribution is -2.36. The van der Waals surface area contributed by atoms with E-state index in [-0.39, 0.29) is 0 Å². The normalized spacial score (nSPS) is 15.0. The van der Waals surface area contributed by atoms with Crippen LogP contribution in [0, 0.1) is 6.92 Å². The average Bonchev–Trinajstić information content (AvgIpc) is 3.13. The van der Waals surface area contributed by atoms with E-state index in [1.807, 2.05) is 12.1 Å². The third-order valence-electron chi connectivity index (χ3n) is 5.77. The van der Waals surface area contributed by atoms with Gasteiger partial charge in [-0.3, -0.25) is 4.90 Å². The van der Waals surface area contributed by atoms with Gasteiger partial charge in [-0.2, -0.15) is 0 Å². The van der Waals surface area contributed by atoms with Crippen molar-refractivity contribution in [2.24, 2.45) is 0 Å². The Morgan fingerprint density at radius 3 is 2.43 bits per heavy atom. The van der Waals surface area contributed by atoms with Crippen molar-refractivity contribution < 1.29 is 4.74 Å². The first-order valence-electron chi connectivity index (χ1n) is 10.3. The molecule has 0 bridgehead atoms. The Kier molecular flexibility index (Phi) is 5.30. The fourth-order valence-electron chi connectivity index (χ4n) is 4.11. The zero-order valence-electron chi connectivity index (χ0n) is 17.0. The van der Waals surface area contributed by atoms with E-state index >= 15 is 0 Å². The molecule has 0 radical (unpaired) electrons. The van der Waals surface area contributed by atoms with Crippen LogP contribution < -0.4 is 0 Å². The van der Waals surface area contributed by atoms with Crippen molar-refractivity contribution in [3.8, 4) is 22.4 Å². The van der Waals surface area contributed by atoms with Gasteiger partial charge < -0.3 is 9.14 Å². The molecule has 1 aliphatic heterocycles. The molecule has 0 N–H and O–H groups in total. The Hall–Kier alpha value is -2.66. The van der Waals surface area contributed by atoms with E-state index in [0.29, 0.717) is 0 Å². The van der Waals surface area contributed by atoms with Crippen molar-refractivity contribution in [1.82, 2.24) is 14.3 Å². The number of halogens is 1. The van der Waals surface area contributed by atoms with Gasteiger partial charge in [0.1, 0.15) is 5.65 Å². The van der Waals surface area contributed by atoms with E-state index in [0.717, 1.165) is 54.8 Å². The fourth-order valence-corrected chi connectivity index (χ4v) is 4.24. The van der Waals surface area contributed by atoms with E-state index in [9.17, 15) is 0 Å². The van der Waals surface area contributed by atoms with Crippen molar-refractivity contribution >= 4 is 17.2 Å². The second-order valence-corrected chi connectivity index (χ2v) is 8.20. The van der Waals surface area contributed by atoms with Crippen molar-refractivity contribution in [2.45, 2.75) is 13.5 Å². The van der Waals surface area contributed by atoms with Crippen LogP contribution in [0.15, 0.2) is 66.9 Å². The number of rotatable bonds is 4. The number of pyridine rings is 1. The Labute approximate surface area is 181 Å². The standard InChI is InChI=1S/C25H24ClN3O/c1-18-4-2-3-5-22(18)20-8-11-24-27-25(19-6-9-21(26)10-7-19)23(29(24)16-20)17-28-12-14-30-15-13-28/h2-11,16H,12-15,17H2,1H3. The molecule has 30 heavy (non-hydrogen) atoms. The van der Waals surface area contributed by atoms with Crippen LogP contribution in [0.5, 0.6) is 0 Å². The van der Waals surface area contributed by atoms with Crippen molar-refractivity contribution in [3.05, 3.63) is 83.1 Å². The van der Waals surface area contributed by atoms with Crippen LogP contribution >= 0.6 is 11.6 Å². The minimum Gasteiger partial charge on any atom is -0.379 e. The number of hydrogen-bond acceptors (Lipinski definition) is 3. The molecule has 5 rings (SSSR count). The van der Waals surface area contributed by atoms with Gasteiger partial charge in [-0.15, -0.1) is 0 Å². The molecule has 4 nitrogen and oxygen atoms in total. The summed E-state index contributed by atoms with van der Waals surface area (Å²) in [6.07, 6.45) is 2.22. The Morgan fingerprint density at radius 2 is 1.67 bits per heavy atom. The number of ether oxygens (including phenoxy) is 1. The number of benzene rings is 2. The largest absolute Gasteiger partial charge is 0.379 e. The van der Waals surface area contributed by atoms with Crippen molar-refractivity contribution in [2.75, 3.05) is 26.3 Å². The first-order chi connectivity index (χ1) is 14.7. The predicted octanol–water partition coefficient (Wildman–Crippen LogP) is 5.46. The van der Waals surface area contributed by atoms with Gasteiger partial charge in [0.2, 0.25) is 0 Å². The first-order valence-corrected chi connectivity index (χ1v) is 10.7. The first kappa shape index (κ1) is 19.3. The molecule has 0 atom stereocenters. The summed E-state index contributed by atoms with van der Waals surface area (Å²) in [7, 11) is 0. The molecule has 0 saturated carbocycles. The molecule has 0 spiro atoms. The summed E-state index contributed by atoms with van der Waals surface area (Å²) in [5.74, 6) is 0. The van der Waals surface area contributed by atoms with Gasteiger partial charge in [0, 0.05) is 36.4 Å². The van der Waals surface area contributed by atoms with Crippen LogP contribution in [0.1, 0.15) is 11.3 Å². The summed E-state index contributed by atoms with van der Waals surface area (Å²) in [4.78, 5) is 7.43. The van der Waals surface area contributed by atoms with Gasteiger partial charge in [-0.25, -0.2) is 4.98 Å². The number of hydrogen-bond donors (Lipinski definition) is 0. The Balaban J connectivity index is 1.65. The highest BCUT2D eigenvalue weighted by Crippen LogP contribution is 2.30. The molecule has 5 heteroatoms. The second-order valence-electron chi connectivity index (χ2n) is 7.76. The minimum atomic E-state index is 0.735. The molecule has 1 fully saturated rings. The monoisotopic (exact) mass is 417 g/mol. The second kappa shape index (κ2) is 8.23. The predicted molar refractivity (Wildman–Crippen MR) is 122 cm³/mol. The van der Waals surface area contributed by atoms with Gasteiger partial charge >= 0.3 is 0 Å². The van der Waals surface area contributed by atoms with Gasteiger partial charge in [0.15, 0.2) is 0 Å². The zero-order chi connectivity index (χ0) is 20.5. The average molecular weight is 418 g/mol. The number of nitrogens with zero attached hydrogens (tertiary/aromatic N) is 3. The maximum Gasteiger partial charge on any atom is 0.137 e. The summed E-state index contributed by atoms with van der Waals surface area (Å²) >= 11 is 6.13. The van der Waals surface area contributed by atoms with Gasteiger partial charge in [0.05, 0.1) is 24.6 Å². The number of fused-ring (bicyclic) bond motifs is 1. The van der Waals surface area contributed by atoms with Crippen LogP contribution in [-0.2, 0) is 11.3 Å². The topological polar surface area (TPSA) is 29.8 Å². The Bertz CT molecular complexity index is 1180. The molecular weight excluding hydrogens is 394 g/mol. The number of morpholine rings is 1. The molecule has 2 aromatic heterocycles. The van der Waals surface area contributed by atoms with E-state index in [4.69, 9.17) is 21.3 Å². The molecule has 0 aliphatic carbocycles. The number of imidazole rings is 1. The summed E-state index contributed by atoms with van der Waals surface area (Å²) in [5.41, 5.74) is 7.97. The third-order valence-corrected chi connectivity index (χ3v) is 6.02. The lowest BCUT2D eigenvalue weighted by atomic mass is 10.0. The minimum absolute atomic E-state index is 0.735. The maximum absolute atomic E-state index is 6.13.